The van der Waals surface area contributed by atoms with E-state index in [1.54, 1.807) is 6.92 Å². The molecular weight excluding hydrogens is 180 g/mol. The van der Waals surface area contributed by atoms with Gasteiger partial charge in [0.05, 0.1) is 11.9 Å². The predicted molar refractivity (Wildman–Crippen MR) is 51.8 cm³/mol. The molecule has 0 saturated carbocycles. The van der Waals surface area contributed by atoms with Crippen molar-refractivity contribution in [3.63, 3.8) is 0 Å². The lowest BCUT2D eigenvalue weighted by molar-refractivity contribution is 0.00687. The number of nitrogens with zero attached hydrogens (tertiary/aromatic N) is 2. The molecule has 4 heteroatoms. The lowest BCUT2D eigenvalue weighted by Crippen LogP contribution is -2.24. The van der Waals surface area contributed by atoms with Gasteiger partial charge in [-0.3, -0.25) is 4.68 Å². The maximum absolute atomic E-state index is 11.6. The Kier molecular flexibility index (Phi) is 2.64. The molecule has 0 aromatic carbocycles. The fraction of sp³-hybridized carbons (Fsp3) is 0.500. The van der Waals surface area contributed by atoms with E-state index in [1.807, 2.05) is 20.8 Å². The highest BCUT2D eigenvalue weighted by Crippen LogP contribution is 2.14. The summed E-state index contributed by atoms with van der Waals surface area (Å²) in [5.74, 6) is -0.397. The van der Waals surface area contributed by atoms with Crippen molar-refractivity contribution < 1.29 is 9.53 Å². The summed E-state index contributed by atoms with van der Waals surface area (Å²) < 4.78 is 6.32. The molecule has 1 heterocycles. The van der Waals surface area contributed by atoms with Crippen LogP contribution in [-0.4, -0.2) is 21.4 Å². The van der Waals surface area contributed by atoms with Gasteiger partial charge in [0.15, 0.2) is 0 Å². The van der Waals surface area contributed by atoms with E-state index >= 15 is 0 Å². The minimum Gasteiger partial charge on any atom is -0.456 e. The van der Waals surface area contributed by atoms with Gasteiger partial charge in [-0.25, -0.2) is 4.79 Å². The molecule has 4 nitrogen and oxygen atoms in total. The quantitative estimate of drug-likeness (QED) is 0.639. The second-order valence-electron chi connectivity index (χ2n) is 4.09. The number of carbonyl (C=O) groups excluding carboxylic acids is 1. The third kappa shape index (κ3) is 2.34. The molecule has 0 bridgehead atoms. The molecule has 0 atom stereocenters. The van der Waals surface area contributed by atoms with Crippen LogP contribution in [0.25, 0.3) is 0 Å². The number of hydrogen-bond donors (Lipinski definition) is 0. The number of ether oxygens (including phenoxy) is 1. The van der Waals surface area contributed by atoms with E-state index in [9.17, 15) is 4.79 Å². The van der Waals surface area contributed by atoms with E-state index in [0.29, 0.717) is 11.3 Å². The molecule has 0 amide bonds. The molecule has 0 saturated heterocycles. The van der Waals surface area contributed by atoms with Crippen LogP contribution < -0.4 is 0 Å². The van der Waals surface area contributed by atoms with Crippen LogP contribution in [0.3, 0.4) is 0 Å². The van der Waals surface area contributed by atoms with Gasteiger partial charge >= 0.3 is 5.97 Å². The van der Waals surface area contributed by atoms with E-state index in [2.05, 4.69) is 5.10 Å². The molecule has 0 fully saturated rings. The number of hydrogen-bond acceptors (Lipinski definition) is 3. The molecular formula is C10H14N2O2. The second kappa shape index (κ2) is 3.44. The highest BCUT2D eigenvalue weighted by atomic mass is 16.6. The summed E-state index contributed by atoms with van der Waals surface area (Å²) in [6.45, 7) is 7.15. The van der Waals surface area contributed by atoms with Crippen molar-refractivity contribution >= 4 is 5.97 Å². The van der Waals surface area contributed by atoms with Gasteiger partial charge in [-0.15, -0.1) is 0 Å². The maximum atomic E-state index is 11.6. The van der Waals surface area contributed by atoms with Gasteiger partial charge in [0.1, 0.15) is 18.2 Å². The molecule has 0 unspecified atom stereocenters. The molecule has 1 aromatic heterocycles. The van der Waals surface area contributed by atoms with Gasteiger partial charge < -0.3 is 4.74 Å². The largest absolute Gasteiger partial charge is 0.456 e. The topological polar surface area (TPSA) is 44.1 Å². The summed E-state index contributed by atoms with van der Waals surface area (Å²) >= 11 is 0. The number of rotatable bonds is 1. The van der Waals surface area contributed by atoms with E-state index in [-0.39, 0.29) is 0 Å². The molecule has 0 aliphatic heterocycles. The third-order valence-corrected chi connectivity index (χ3v) is 1.66. The summed E-state index contributed by atoms with van der Waals surface area (Å²) in [5.41, 5.74) is 0.502. The first-order valence-electron chi connectivity index (χ1n) is 4.34. The van der Waals surface area contributed by atoms with Crippen LogP contribution in [0.4, 0.5) is 0 Å². The zero-order valence-corrected chi connectivity index (χ0v) is 8.87. The molecule has 0 N–H and O–H groups in total. The summed E-state index contributed by atoms with van der Waals surface area (Å²) in [6.07, 6.45) is 1.41. The van der Waals surface area contributed by atoms with Gasteiger partial charge in [-0.05, 0) is 27.7 Å². The van der Waals surface area contributed by atoms with Gasteiger partial charge in [0, 0.05) is 0 Å². The number of carbonyl (C=O) groups is 1. The highest BCUT2D eigenvalue weighted by molar-refractivity contribution is 5.90. The van der Waals surface area contributed by atoms with Crippen LogP contribution in [0.15, 0.2) is 6.20 Å². The Morgan fingerprint density at radius 2 is 2.14 bits per heavy atom. The summed E-state index contributed by atoms with van der Waals surface area (Å²) in [5, 5.41) is 3.76. The van der Waals surface area contributed by atoms with E-state index in [1.165, 1.54) is 6.20 Å². The van der Waals surface area contributed by atoms with Crippen LogP contribution >= 0.6 is 0 Å². The average Bonchev–Trinajstić information content (AvgIpc) is 2.29. The standard InChI is InChI=1S/C10H14N2O2/c1-7-8(6-11-12(7)5)9(13)14-10(2,3)4/h5-6H,1-4H3. The van der Waals surface area contributed by atoms with Crippen molar-refractivity contribution in [1.82, 2.24) is 9.78 Å². The third-order valence-electron chi connectivity index (χ3n) is 1.66. The lowest BCUT2D eigenvalue weighted by atomic mass is 10.2. The molecule has 2 radical (unpaired) electrons. The van der Waals surface area contributed by atoms with Crippen molar-refractivity contribution in [1.29, 1.82) is 0 Å². The van der Waals surface area contributed by atoms with Crippen molar-refractivity contribution in [3.05, 3.63) is 24.5 Å². The van der Waals surface area contributed by atoms with Gasteiger partial charge in [-0.2, -0.15) is 5.10 Å². The highest BCUT2D eigenvalue weighted by Gasteiger charge is 2.20. The maximum Gasteiger partial charge on any atom is 0.342 e. The smallest absolute Gasteiger partial charge is 0.342 e. The average molecular weight is 194 g/mol. The van der Waals surface area contributed by atoms with Crippen molar-refractivity contribution in [3.8, 4) is 0 Å². The monoisotopic (exact) mass is 194 g/mol. The molecule has 0 spiro atoms. The van der Waals surface area contributed by atoms with E-state index in [4.69, 9.17) is 11.8 Å². The minimum atomic E-state index is -0.500. The first-order valence-corrected chi connectivity index (χ1v) is 4.34. The normalized spacial score (nSPS) is 11.5. The fourth-order valence-corrected chi connectivity index (χ4v) is 0.957. The Morgan fingerprint density at radius 1 is 1.57 bits per heavy atom. The first-order chi connectivity index (χ1) is 6.31. The summed E-state index contributed by atoms with van der Waals surface area (Å²) in [4.78, 5) is 11.6. The molecule has 0 aliphatic rings. The molecule has 76 valence electrons. The Bertz CT molecular complexity index is 347. The van der Waals surface area contributed by atoms with Crippen molar-refractivity contribution in [2.45, 2.75) is 33.3 Å². The Labute approximate surface area is 83.9 Å². The Hall–Kier alpha value is -1.32. The van der Waals surface area contributed by atoms with E-state index < -0.39 is 11.6 Å². The van der Waals surface area contributed by atoms with Gasteiger partial charge in [0.25, 0.3) is 0 Å². The molecule has 0 aliphatic carbocycles. The van der Waals surface area contributed by atoms with Gasteiger partial charge in [0.2, 0.25) is 0 Å². The Morgan fingerprint density at radius 3 is 2.50 bits per heavy atom. The SMILES string of the molecule is [CH]n1ncc(C(=O)OC(C)(C)C)c1C. The Balaban J connectivity index is 2.86. The summed E-state index contributed by atoms with van der Waals surface area (Å²) in [7, 11) is 5.44. The minimum absolute atomic E-state index is 0.397. The summed E-state index contributed by atoms with van der Waals surface area (Å²) in [6, 6.07) is 0. The van der Waals surface area contributed by atoms with Crippen LogP contribution in [0.1, 0.15) is 36.8 Å². The molecule has 14 heavy (non-hydrogen) atoms. The molecule has 1 rings (SSSR count). The zero-order valence-electron chi connectivity index (χ0n) is 8.87. The van der Waals surface area contributed by atoms with Crippen LogP contribution in [0, 0.1) is 14.0 Å². The first kappa shape index (κ1) is 10.8. The number of aromatic nitrogens is 2. The fourth-order valence-electron chi connectivity index (χ4n) is 0.957. The lowest BCUT2D eigenvalue weighted by Gasteiger charge is -2.19. The number of esters is 1. The predicted octanol–water partition coefficient (Wildman–Crippen LogP) is 1.66. The van der Waals surface area contributed by atoms with Crippen molar-refractivity contribution in [2.75, 3.05) is 0 Å². The second-order valence-corrected chi connectivity index (χ2v) is 4.09. The zero-order chi connectivity index (χ0) is 10.9. The van der Waals surface area contributed by atoms with E-state index in [0.717, 1.165) is 4.68 Å². The van der Waals surface area contributed by atoms with Gasteiger partial charge in [-0.1, -0.05) is 0 Å². The van der Waals surface area contributed by atoms with Crippen LogP contribution in [-0.2, 0) is 4.74 Å². The van der Waals surface area contributed by atoms with Crippen molar-refractivity contribution in [2.24, 2.45) is 0 Å². The van der Waals surface area contributed by atoms with Crippen LogP contribution in [0.5, 0.6) is 0 Å². The van der Waals surface area contributed by atoms with Crippen LogP contribution in [0.2, 0.25) is 0 Å². The molecule has 1 aromatic rings.